The van der Waals surface area contributed by atoms with E-state index in [1.165, 1.54) is 6.08 Å². The molecule has 4 rings (SSSR count). The highest BCUT2D eigenvalue weighted by Gasteiger charge is 2.37. The molecule has 3 aromatic rings. The molecular weight excluding hydrogens is 658 g/mol. The third kappa shape index (κ3) is 5.33. The van der Waals surface area contributed by atoms with Crippen molar-refractivity contribution >= 4 is 74.8 Å². The molecule has 4 amide bonds. The van der Waals surface area contributed by atoms with E-state index in [9.17, 15) is 14.4 Å². The zero-order valence-electron chi connectivity index (χ0n) is 18.4. The lowest BCUT2D eigenvalue weighted by Crippen LogP contribution is -2.54. The van der Waals surface area contributed by atoms with E-state index in [-0.39, 0.29) is 5.57 Å². The number of anilines is 1. The standard InChI is InChI=1S/C26H20I2N2O4/c1-15-8-16(2)10-19(9-15)30-25(32)20(24(31)29-26(30)33)11-18-12-21(27)23(22(28)13-18)34-14-17-6-4-3-5-7-17/h3-13H,14H2,1-2H3,(H,29,31,33). The van der Waals surface area contributed by atoms with Crippen LogP contribution in [0.2, 0.25) is 0 Å². The minimum absolute atomic E-state index is 0.108. The second kappa shape index (κ2) is 10.3. The molecule has 34 heavy (non-hydrogen) atoms. The summed E-state index contributed by atoms with van der Waals surface area (Å²) in [4.78, 5) is 39.3. The zero-order valence-corrected chi connectivity index (χ0v) is 22.7. The predicted molar refractivity (Wildman–Crippen MR) is 148 cm³/mol. The Bertz CT molecular complexity index is 1290. The first-order valence-electron chi connectivity index (χ1n) is 10.4. The van der Waals surface area contributed by atoms with Crippen LogP contribution < -0.4 is 15.0 Å². The Morgan fingerprint density at radius 1 is 0.912 bits per heavy atom. The number of hydrogen-bond donors (Lipinski definition) is 1. The van der Waals surface area contributed by atoms with E-state index in [1.54, 1.807) is 12.1 Å². The Morgan fingerprint density at radius 2 is 1.53 bits per heavy atom. The summed E-state index contributed by atoms with van der Waals surface area (Å²) in [5.74, 6) is -0.642. The van der Waals surface area contributed by atoms with Gasteiger partial charge < -0.3 is 4.74 Å². The number of hydrogen-bond acceptors (Lipinski definition) is 4. The summed E-state index contributed by atoms with van der Waals surface area (Å²) in [5, 5.41) is 2.28. The molecule has 0 aromatic heterocycles. The molecule has 1 heterocycles. The second-order valence-corrected chi connectivity index (χ2v) is 10.2. The van der Waals surface area contributed by atoms with Crippen LogP contribution in [0.3, 0.4) is 0 Å². The molecule has 0 atom stereocenters. The van der Waals surface area contributed by atoms with Gasteiger partial charge in [0.2, 0.25) is 0 Å². The zero-order chi connectivity index (χ0) is 24.4. The summed E-state index contributed by atoms with van der Waals surface area (Å²) in [6.45, 7) is 4.20. The van der Waals surface area contributed by atoms with Crippen molar-refractivity contribution in [3.05, 3.63) is 95.6 Å². The average Bonchev–Trinajstić information content (AvgIpc) is 2.76. The van der Waals surface area contributed by atoms with Gasteiger partial charge in [-0.25, -0.2) is 9.69 Å². The maximum atomic E-state index is 13.2. The van der Waals surface area contributed by atoms with Crippen molar-refractivity contribution in [2.75, 3.05) is 4.90 Å². The number of carbonyl (C=O) groups excluding carboxylic acids is 3. The van der Waals surface area contributed by atoms with Gasteiger partial charge in [-0.15, -0.1) is 0 Å². The maximum absolute atomic E-state index is 13.2. The number of imide groups is 2. The van der Waals surface area contributed by atoms with Gasteiger partial charge in [-0.1, -0.05) is 36.4 Å². The third-order valence-corrected chi connectivity index (χ3v) is 6.73. The van der Waals surface area contributed by atoms with Crippen molar-refractivity contribution in [3.8, 4) is 5.75 Å². The molecule has 0 radical (unpaired) electrons. The largest absolute Gasteiger partial charge is 0.487 e. The Balaban J connectivity index is 1.63. The highest BCUT2D eigenvalue weighted by atomic mass is 127. The molecule has 1 fully saturated rings. The fraction of sp³-hybridized carbons (Fsp3) is 0.115. The van der Waals surface area contributed by atoms with Gasteiger partial charge in [0.15, 0.2) is 0 Å². The molecule has 6 nitrogen and oxygen atoms in total. The molecule has 0 unspecified atom stereocenters. The first kappa shape index (κ1) is 24.4. The number of aryl methyl sites for hydroxylation is 2. The smallest absolute Gasteiger partial charge is 0.335 e. The Kier molecular flexibility index (Phi) is 7.36. The highest BCUT2D eigenvalue weighted by Crippen LogP contribution is 2.31. The second-order valence-electron chi connectivity index (χ2n) is 7.89. The van der Waals surface area contributed by atoms with Crippen LogP contribution in [0.1, 0.15) is 22.3 Å². The van der Waals surface area contributed by atoms with Crippen LogP contribution in [0.15, 0.2) is 66.2 Å². The van der Waals surface area contributed by atoms with Crippen LogP contribution in [0.5, 0.6) is 5.75 Å². The Morgan fingerprint density at radius 3 is 2.15 bits per heavy atom. The number of rotatable bonds is 5. The van der Waals surface area contributed by atoms with Gasteiger partial charge in [0, 0.05) is 0 Å². The van der Waals surface area contributed by atoms with Crippen LogP contribution in [-0.4, -0.2) is 17.8 Å². The van der Waals surface area contributed by atoms with Crippen molar-refractivity contribution in [1.29, 1.82) is 0 Å². The fourth-order valence-corrected chi connectivity index (χ4v) is 5.80. The van der Waals surface area contributed by atoms with E-state index >= 15 is 0 Å². The van der Waals surface area contributed by atoms with E-state index < -0.39 is 17.8 Å². The van der Waals surface area contributed by atoms with Crippen molar-refractivity contribution in [3.63, 3.8) is 0 Å². The van der Waals surface area contributed by atoms with Gasteiger partial charge in [0.05, 0.1) is 12.8 Å². The van der Waals surface area contributed by atoms with Crippen LogP contribution in [0, 0.1) is 21.0 Å². The summed E-state index contributed by atoms with van der Waals surface area (Å²) in [7, 11) is 0. The lowest BCUT2D eigenvalue weighted by molar-refractivity contribution is -0.122. The monoisotopic (exact) mass is 678 g/mol. The molecule has 1 N–H and O–H groups in total. The number of carbonyl (C=O) groups is 3. The first-order valence-corrected chi connectivity index (χ1v) is 12.5. The summed E-state index contributed by atoms with van der Waals surface area (Å²) in [6.07, 6.45) is 1.51. The van der Waals surface area contributed by atoms with E-state index in [2.05, 4.69) is 50.5 Å². The Hall–Kier alpha value is -2.73. The van der Waals surface area contributed by atoms with Crippen molar-refractivity contribution in [1.82, 2.24) is 5.32 Å². The predicted octanol–water partition coefficient (Wildman–Crippen LogP) is 5.76. The fourth-order valence-electron chi connectivity index (χ4n) is 3.67. The third-order valence-electron chi connectivity index (χ3n) is 5.12. The molecule has 1 aliphatic rings. The normalized spacial score (nSPS) is 15.0. The molecule has 0 bridgehead atoms. The number of nitrogens with one attached hydrogen (secondary N) is 1. The summed E-state index contributed by atoms with van der Waals surface area (Å²) in [6, 6.07) is 18.2. The average molecular weight is 678 g/mol. The van der Waals surface area contributed by atoms with Crippen LogP contribution in [-0.2, 0) is 16.2 Å². The highest BCUT2D eigenvalue weighted by molar-refractivity contribution is 14.1. The number of halogens is 2. The minimum atomic E-state index is -0.758. The van der Waals surface area contributed by atoms with Gasteiger partial charge in [-0.3, -0.25) is 14.9 Å². The molecular formula is C26H20I2N2O4. The van der Waals surface area contributed by atoms with E-state index in [0.717, 1.165) is 34.5 Å². The molecule has 8 heteroatoms. The van der Waals surface area contributed by atoms with Gasteiger partial charge in [-0.05, 0) is 112 Å². The summed E-state index contributed by atoms with van der Waals surface area (Å²) >= 11 is 4.35. The lowest BCUT2D eigenvalue weighted by atomic mass is 10.1. The van der Waals surface area contributed by atoms with Gasteiger partial charge >= 0.3 is 6.03 Å². The van der Waals surface area contributed by atoms with Gasteiger partial charge in [0.1, 0.15) is 17.9 Å². The lowest BCUT2D eigenvalue weighted by Gasteiger charge is -2.27. The van der Waals surface area contributed by atoms with Crippen molar-refractivity contribution in [2.45, 2.75) is 20.5 Å². The van der Waals surface area contributed by atoms with E-state index in [1.807, 2.05) is 62.4 Å². The van der Waals surface area contributed by atoms with Crippen LogP contribution in [0.25, 0.3) is 6.08 Å². The molecule has 0 spiro atoms. The topological polar surface area (TPSA) is 75.7 Å². The minimum Gasteiger partial charge on any atom is -0.487 e. The number of ether oxygens (including phenoxy) is 1. The maximum Gasteiger partial charge on any atom is 0.335 e. The number of barbiturate groups is 1. The summed E-state index contributed by atoms with van der Waals surface area (Å²) in [5.41, 5.74) is 3.85. The summed E-state index contributed by atoms with van der Waals surface area (Å²) < 4.78 is 7.71. The van der Waals surface area contributed by atoms with E-state index in [4.69, 9.17) is 4.74 Å². The quantitative estimate of drug-likeness (QED) is 0.212. The van der Waals surface area contributed by atoms with Gasteiger partial charge in [-0.2, -0.15) is 0 Å². The molecule has 1 aliphatic heterocycles. The van der Waals surface area contributed by atoms with Crippen LogP contribution >= 0.6 is 45.2 Å². The van der Waals surface area contributed by atoms with E-state index in [0.29, 0.717) is 17.9 Å². The molecule has 3 aromatic carbocycles. The molecule has 1 saturated heterocycles. The first-order chi connectivity index (χ1) is 16.2. The molecule has 172 valence electrons. The number of urea groups is 1. The van der Waals surface area contributed by atoms with Crippen molar-refractivity contribution < 1.29 is 19.1 Å². The molecule has 0 aliphatic carbocycles. The number of amides is 4. The number of benzene rings is 3. The SMILES string of the molecule is Cc1cc(C)cc(N2C(=O)NC(=O)C(=Cc3cc(I)c(OCc4ccccc4)c(I)c3)C2=O)c1. The Labute approximate surface area is 224 Å². The molecule has 0 saturated carbocycles. The van der Waals surface area contributed by atoms with Crippen molar-refractivity contribution in [2.24, 2.45) is 0 Å². The van der Waals surface area contributed by atoms with Gasteiger partial charge in [0.25, 0.3) is 11.8 Å². The van der Waals surface area contributed by atoms with Crippen LogP contribution in [0.4, 0.5) is 10.5 Å². The number of nitrogens with zero attached hydrogens (tertiary/aromatic N) is 1.